The molecular weight excluding hydrogens is 453 g/mol. The molecule has 1 heterocycles. The van der Waals surface area contributed by atoms with Crippen LogP contribution >= 0.6 is 11.3 Å². The van der Waals surface area contributed by atoms with Crippen molar-refractivity contribution in [3.63, 3.8) is 0 Å². The Balaban J connectivity index is 1.54. The van der Waals surface area contributed by atoms with E-state index >= 15 is 0 Å². The van der Waals surface area contributed by atoms with E-state index in [1.807, 2.05) is 30.3 Å². The van der Waals surface area contributed by atoms with Crippen molar-refractivity contribution in [1.82, 2.24) is 4.98 Å². The Morgan fingerprint density at radius 2 is 1.87 bits per heavy atom. The van der Waals surface area contributed by atoms with Crippen molar-refractivity contribution in [3.05, 3.63) is 54.1 Å². The molecule has 0 radical (unpaired) electrons. The molecule has 0 aliphatic rings. The number of ether oxygens (including phenoxy) is 1. The summed E-state index contributed by atoms with van der Waals surface area (Å²) in [5.74, 6) is -1.48. The highest BCUT2D eigenvalue weighted by Crippen LogP contribution is 2.30. The van der Waals surface area contributed by atoms with Crippen molar-refractivity contribution in [2.24, 2.45) is 0 Å². The van der Waals surface area contributed by atoms with Gasteiger partial charge in [-0.25, -0.2) is 13.4 Å². The molecular formula is C20H19F3N2O4S2. The molecule has 2 aromatic carbocycles. The van der Waals surface area contributed by atoms with Gasteiger partial charge in [-0.15, -0.1) is 0 Å². The number of aryl methyl sites for hydroxylation is 1. The van der Waals surface area contributed by atoms with E-state index in [4.69, 9.17) is 4.74 Å². The van der Waals surface area contributed by atoms with Crippen LogP contribution in [-0.2, 0) is 21.1 Å². The number of thiazole rings is 1. The number of anilines is 1. The second-order valence-corrected chi connectivity index (χ2v) is 10.00. The first-order chi connectivity index (χ1) is 14.6. The molecule has 166 valence electrons. The monoisotopic (exact) mass is 472 g/mol. The zero-order valence-electron chi connectivity index (χ0n) is 16.2. The number of sulfone groups is 1. The quantitative estimate of drug-likeness (QED) is 0.504. The molecule has 11 heteroatoms. The molecule has 0 aliphatic heterocycles. The first-order valence-corrected chi connectivity index (χ1v) is 11.9. The van der Waals surface area contributed by atoms with Crippen LogP contribution in [0.3, 0.4) is 0 Å². The maximum atomic E-state index is 12.3. The molecule has 1 aromatic heterocycles. The minimum atomic E-state index is -4.45. The van der Waals surface area contributed by atoms with Gasteiger partial charge in [-0.2, -0.15) is 13.2 Å². The number of fused-ring (bicyclic) bond motifs is 1. The van der Waals surface area contributed by atoms with Crippen LogP contribution in [0.2, 0.25) is 0 Å². The molecule has 1 amide bonds. The molecule has 0 spiro atoms. The molecule has 0 unspecified atom stereocenters. The number of nitrogens with one attached hydrogen (secondary N) is 1. The summed E-state index contributed by atoms with van der Waals surface area (Å²) in [7, 11) is -3.59. The number of carbonyl (C=O) groups excluding carboxylic acids is 1. The molecule has 3 rings (SSSR count). The second-order valence-electron chi connectivity index (χ2n) is 6.78. The summed E-state index contributed by atoms with van der Waals surface area (Å²) in [5, 5.41) is 2.60. The Bertz CT molecular complexity index is 1150. The van der Waals surface area contributed by atoms with E-state index in [0.29, 0.717) is 23.1 Å². The number of halogens is 3. The van der Waals surface area contributed by atoms with Gasteiger partial charge in [0.15, 0.2) is 21.6 Å². The average Bonchev–Trinajstić information content (AvgIpc) is 3.07. The minimum absolute atomic E-state index is 0.0207. The summed E-state index contributed by atoms with van der Waals surface area (Å²) >= 11 is 1.02. The Morgan fingerprint density at radius 1 is 1.13 bits per heavy atom. The number of amides is 1. The predicted octanol–water partition coefficient (Wildman–Crippen LogP) is 4.22. The first-order valence-electron chi connectivity index (χ1n) is 9.24. The smallest absolute Gasteiger partial charge is 0.422 e. The molecule has 0 bridgehead atoms. The molecule has 0 atom stereocenters. The van der Waals surface area contributed by atoms with E-state index in [9.17, 15) is 26.4 Å². The molecule has 1 N–H and O–H groups in total. The van der Waals surface area contributed by atoms with E-state index in [2.05, 4.69) is 10.3 Å². The van der Waals surface area contributed by atoms with Crippen LogP contribution in [0, 0.1) is 0 Å². The molecule has 0 saturated carbocycles. The van der Waals surface area contributed by atoms with Crippen molar-refractivity contribution in [2.75, 3.05) is 23.4 Å². The van der Waals surface area contributed by atoms with E-state index in [0.717, 1.165) is 16.9 Å². The average molecular weight is 473 g/mol. The van der Waals surface area contributed by atoms with Crippen molar-refractivity contribution in [3.8, 4) is 5.75 Å². The third-order valence-corrected chi connectivity index (χ3v) is 6.67. The fraction of sp³-hybridized carbons (Fsp3) is 0.300. The van der Waals surface area contributed by atoms with Gasteiger partial charge in [0.25, 0.3) is 0 Å². The van der Waals surface area contributed by atoms with Crippen LogP contribution in [0.1, 0.15) is 12.0 Å². The Labute approximate surface area is 181 Å². The highest BCUT2D eigenvalue weighted by atomic mass is 32.2. The van der Waals surface area contributed by atoms with E-state index in [1.54, 1.807) is 0 Å². The number of rotatable bonds is 9. The SMILES string of the molecule is O=C(CS(=O)(=O)CCCc1ccccc1)Nc1nc2ccc(OCC(F)(F)F)cc2s1. The summed E-state index contributed by atoms with van der Waals surface area (Å²) in [6.07, 6.45) is -3.45. The van der Waals surface area contributed by atoms with Crippen LogP contribution in [0.4, 0.5) is 18.3 Å². The van der Waals surface area contributed by atoms with Gasteiger partial charge in [0.1, 0.15) is 11.5 Å². The predicted molar refractivity (Wildman–Crippen MR) is 113 cm³/mol. The second kappa shape index (κ2) is 9.65. The Morgan fingerprint density at radius 3 is 2.58 bits per heavy atom. The molecule has 31 heavy (non-hydrogen) atoms. The first kappa shape index (κ1) is 23.0. The third-order valence-electron chi connectivity index (χ3n) is 4.12. The number of hydrogen-bond donors (Lipinski definition) is 1. The molecule has 0 aliphatic carbocycles. The molecule has 0 saturated heterocycles. The summed E-state index contributed by atoms with van der Waals surface area (Å²) < 4.78 is 66.4. The van der Waals surface area contributed by atoms with Crippen LogP contribution < -0.4 is 10.1 Å². The van der Waals surface area contributed by atoms with E-state index in [1.165, 1.54) is 18.2 Å². The summed E-state index contributed by atoms with van der Waals surface area (Å²) in [6, 6.07) is 13.6. The van der Waals surface area contributed by atoms with Gasteiger partial charge in [-0.3, -0.25) is 4.79 Å². The van der Waals surface area contributed by atoms with Crippen molar-refractivity contribution < 1.29 is 31.1 Å². The van der Waals surface area contributed by atoms with Crippen molar-refractivity contribution >= 4 is 42.4 Å². The van der Waals surface area contributed by atoms with E-state index in [-0.39, 0.29) is 16.6 Å². The topological polar surface area (TPSA) is 85.4 Å². The standard InChI is InChI=1S/C20H19F3N2O4S2/c21-20(22,23)13-29-15-8-9-16-17(11-15)30-19(24-16)25-18(26)12-31(27,28)10-4-7-14-5-2-1-3-6-14/h1-3,5-6,8-9,11H,4,7,10,12-13H2,(H,24,25,26). The fourth-order valence-corrected chi connectivity index (χ4v) is 4.89. The lowest BCUT2D eigenvalue weighted by Gasteiger charge is -2.08. The van der Waals surface area contributed by atoms with Gasteiger partial charge < -0.3 is 10.1 Å². The van der Waals surface area contributed by atoms with Gasteiger partial charge >= 0.3 is 6.18 Å². The molecule has 0 fully saturated rings. The van der Waals surface area contributed by atoms with Gasteiger partial charge in [-0.1, -0.05) is 41.7 Å². The zero-order chi connectivity index (χ0) is 22.5. The molecule has 6 nitrogen and oxygen atoms in total. The summed E-state index contributed by atoms with van der Waals surface area (Å²) in [6.45, 7) is -1.41. The Hall–Kier alpha value is -2.66. The number of carbonyl (C=O) groups is 1. The largest absolute Gasteiger partial charge is 0.484 e. The number of benzene rings is 2. The highest BCUT2D eigenvalue weighted by Gasteiger charge is 2.28. The lowest BCUT2D eigenvalue weighted by Crippen LogP contribution is -2.24. The molecule has 3 aromatic rings. The van der Waals surface area contributed by atoms with Crippen LogP contribution in [0.5, 0.6) is 5.75 Å². The highest BCUT2D eigenvalue weighted by molar-refractivity contribution is 7.92. The lowest BCUT2D eigenvalue weighted by atomic mass is 10.1. The maximum absolute atomic E-state index is 12.3. The number of alkyl halides is 3. The number of hydrogen-bond acceptors (Lipinski definition) is 6. The number of aromatic nitrogens is 1. The lowest BCUT2D eigenvalue weighted by molar-refractivity contribution is -0.153. The van der Waals surface area contributed by atoms with E-state index < -0.39 is 34.3 Å². The van der Waals surface area contributed by atoms with Crippen LogP contribution in [-0.4, -0.2) is 43.6 Å². The Kier molecular flexibility index (Phi) is 7.16. The van der Waals surface area contributed by atoms with Crippen molar-refractivity contribution in [1.29, 1.82) is 0 Å². The summed E-state index contributed by atoms with van der Waals surface area (Å²) in [4.78, 5) is 16.3. The maximum Gasteiger partial charge on any atom is 0.422 e. The number of nitrogens with zero attached hydrogens (tertiary/aromatic N) is 1. The fourth-order valence-electron chi connectivity index (χ4n) is 2.78. The van der Waals surface area contributed by atoms with Gasteiger partial charge in [0.2, 0.25) is 5.91 Å². The van der Waals surface area contributed by atoms with Crippen LogP contribution in [0.25, 0.3) is 10.2 Å². The van der Waals surface area contributed by atoms with Gasteiger partial charge in [-0.05, 0) is 36.6 Å². The minimum Gasteiger partial charge on any atom is -0.484 e. The summed E-state index contributed by atoms with van der Waals surface area (Å²) in [5.41, 5.74) is 1.47. The van der Waals surface area contributed by atoms with Crippen LogP contribution in [0.15, 0.2) is 48.5 Å². The third kappa shape index (κ3) is 7.51. The van der Waals surface area contributed by atoms with Gasteiger partial charge in [0, 0.05) is 0 Å². The normalized spacial score (nSPS) is 12.1. The van der Waals surface area contributed by atoms with Crippen molar-refractivity contribution in [2.45, 2.75) is 19.0 Å². The van der Waals surface area contributed by atoms with Gasteiger partial charge in [0.05, 0.1) is 16.0 Å². The zero-order valence-corrected chi connectivity index (χ0v) is 17.8.